The van der Waals surface area contributed by atoms with Gasteiger partial charge in [-0.1, -0.05) is 54.6 Å². The van der Waals surface area contributed by atoms with Gasteiger partial charge in [0.1, 0.15) is 5.75 Å². The van der Waals surface area contributed by atoms with Crippen LogP contribution in [0.25, 0.3) is 23.1 Å². The standard InChI is InChI=1S/C24H21NO3S/c1-18-22-10-6-7-11-24(22)25(29(26,27)21-8-4-3-5-9-21)23(18)17-14-19-12-15-20(28-2)16-13-19/h3-17H,1-2H3/b17-14+. The molecule has 0 bridgehead atoms. The lowest BCUT2D eigenvalue weighted by Crippen LogP contribution is -2.14. The van der Waals surface area contributed by atoms with Crippen molar-refractivity contribution in [2.75, 3.05) is 7.11 Å². The SMILES string of the molecule is COc1ccc(/C=C/c2c(C)c3ccccc3n2S(=O)(=O)c2ccccc2)cc1. The van der Waals surface area contributed by atoms with Crippen LogP contribution in [0.15, 0.2) is 83.8 Å². The molecule has 0 aliphatic rings. The van der Waals surface area contributed by atoms with E-state index in [-0.39, 0.29) is 4.90 Å². The monoisotopic (exact) mass is 403 g/mol. The summed E-state index contributed by atoms with van der Waals surface area (Å²) in [5, 5.41) is 0.918. The molecule has 0 unspecified atom stereocenters. The van der Waals surface area contributed by atoms with Crippen LogP contribution in [-0.4, -0.2) is 19.5 Å². The highest BCUT2D eigenvalue weighted by Gasteiger charge is 2.24. The Hall–Kier alpha value is -3.31. The van der Waals surface area contributed by atoms with Gasteiger partial charge in [0.05, 0.1) is 23.2 Å². The van der Waals surface area contributed by atoms with Gasteiger partial charge in [-0.05, 0) is 54.5 Å². The second-order valence-electron chi connectivity index (χ2n) is 6.72. The van der Waals surface area contributed by atoms with Gasteiger partial charge in [0, 0.05) is 5.39 Å². The smallest absolute Gasteiger partial charge is 0.268 e. The number of aromatic nitrogens is 1. The van der Waals surface area contributed by atoms with Gasteiger partial charge in [-0.2, -0.15) is 0 Å². The van der Waals surface area contributed by atoms with Crippen LogP contribution < -0.4 is 4.74 Å². The zero-order valence-corrected chi connectivity index (χ0v) is 17.1. The predicted octanol–water partition coefficient (Wildman–Crippen LogP) is 5.37. The summed E-state index contributed by atoms with van der Waals surface area (Å²) in [5.74, 6) is 0.777. The maximum Gasteiger partial charge on any atom is 0.268 e. The van der Waals surface area contributed by atoms with Crippen LogP contribution in [0.3, 0.4) is 0 Å². The van der Waals surface area contributed by atoms with Gasteiger partial charge >= 0.3 is 0 Å². The van der Waals surface area contributed by atoms with Crippen molar-refractivity contribution in [1.29, 1.82) is 0 Å². The van der Waals surface area contributed by atoms with Crippen LogP contribution in [0, 0.1) is 6.92 Å². The first kappa shape index (κ1) is 19.0. The summed E-state index contributed by atoms with van der Waals surface area (Å²) < 4.78 is 33.6. The minimum atomic E-state index is -3.75. The van der Waals surface area contributed by atoms with Crippen molar-refractivity contribution < 1.29 is 13.2 Å². The molecule has 5 heteroatoms. The van der Waals surface area contributed by atoms with Gasteiger partial charge in [0.2, 0.25) is 0 Å². The summed E-state index contributed by atoms with van der Waals surface area (Å²) in [6, 6.07) is 23.7. The molecule has 0 saturated heterocycles. The summed E-state index contributed by atoms with van der Waals surface area (Å²) in [4.78, 5) is 0.264. The van der Waals surface area contributed by atoms with E-state index in [1.54, 1.807) is 31.4 Å². The Kier molecular flexibility index (Phi) is 4.99. The van der Waals surface area contributed by atoms with E-state index in [2.05, 4.69) is 0 Å². The number of aryl methyl sites for hydroxylation is 1. The first-order valence-electron chi connectivity index (χ1n) is 9.25. The van der Waals surface area contributed by atoms with Gasteiger partial charge < -0.3 is 4.74 Å². The van der Waals surface area contributed by atoms with Crippen LogP contribution in [0.5, 0.6) is 5.75 Å². The number of rotatable bonds is 5. The average molecular weight is 404 g/mol. The van der Waals surface area contributed by atoms with E-state index in [4.69, 9.17) is 4.74 Å². The number of benzene rings is 3. The molecule has 4 aromatic rings. The molecule has 1 aromatic heterocycles. The van der Waals surface area contributed by atoms with Crippen molar-refractivity contribution in [3.63, 3.8) is 0 Å². The van der Waals surface area contributed by atoms with E-state index < -0.39 is 10.0 Å². The number of fused-ring (bicyclic) bond motifs is 1. The highest BCUT2D eigenvalue weighted by molar-refractivity contribution is 7.90. The largest absolute Gasteiger partial charge is 0.497 e. The van der Waals surface area contributed by atoms with Crippen LogP contribution in [0.1, 0.15) is 16.8 Å². The highest BCUT2D eigenvalue weighted by Crippen LogP contribution is 2.31. The maximum absolute atomic E-state index is 13.5. The van der Waals surface area contributed by atoms with Gasteiger partial charge in [-0.25, -0.2) is 12.4 Å². The minimum absolute atomic E-state index is 0.264. The van der Waals surface area contributed by atoms with E-state index in [0.717, 1.165) is 22.3 Å². The summed E-state index contributed by atoms with van der Waals surface area (Å²) in [5.41, 5.74) is 3.19. The molecule has 1 heterocycles. The number of para-hydroxylation sites is 1. The highest BCUT2D eigenvalue weighted by atomic mass is 32.2. The number of hydrogen-bond donors (Lipinski definition) is 0. The zero-order chi connectivity index (χ0) is 20.4. The van der Waals surface area contributed by atoms with Crippen molar-refractivity contribution >= 4 is 33.1 Å². The zero-order valence-electron chi connectivity index (χ0n) is 16.2. The number of methoxy groups -OCH3 is 1. The summed E-state index contributed by atoms with van der Waals surface area (Å²) in [6.07, 6.45) is 3.77. The average Bonchev–Trinajstić information content (AvgIpc) is 3.06. The van der Waals surface area contributed by atoms with Crippen LogP contribution in [-0.2, 0) is 10.0 Å². The maximum atomic E-state index is 13.5. The van der Waals surface area contributed by atoms with Crippen LogP contribution in [0.4, 0.5) is 0 Å². The van der Waals surface area contributed by atoms with Gasteiger partial charge in [0.15, 0.2) is 0 Å². The Balaban J connectivity index is 1.91. The Bertz CT molecular complexity index is 1290. The van der Waals surface area contributed by atoms with E-state index in [9.17, 15) is 8.42 Å². The van der Waals surface area contributed by atoms with Crippen molar-refractivity contribution in [3.8, 4) is 5.75 Å². The second-order valence-corrected chi connectivity index (χ2v) is 8.50. The molecule has 146 valence electrons. The van der Waals surface area contributed by atoms with Crippen LogP contribution in [0.2, 0.25) is 0 Å². The van der Waals surface area contributed by atoms with Crippen molar-refractivity contribution in [1.82, 2.24) is 3.97 Å². The molecule has 0 radical (unpaired) electrons. The molecule has 4 rings (SSSR count). The van der Waals surface area contributed by atoms with E-state index in [1.807, 2.05) is 73.7 Å². The van der Waals surface area contributed by atoms with E-state index >= 15 is 0 Å². The van der Waals surface area contributed by atoms with E-state index in [0.29, 0.717) is 11.2 Å². The van der Waals surface area contributed by atoms with Crippen LogP contribution >= 0.6 is 0 Å². The first-order chi connectivity index (χ1) is 14.0. The van der Waals surface area contributed by atoms with Gasteiger partial charge in [-0.3, -0.25) is 0 Å². The van der Waals surface area contributed by atoms with Crippen molar-refractivity contribution in [2.45, 2.75) is 11.8 Å². The Morgan fingerprint density at radius 1 is 0.828 bits per heavy atom. The molecule has 3 aromatic carbocycles. The molecule has 0 spiro atoms. The molecule has 0 fully saturated rings. The molecule has 0 saturated carbocycles. The van der Waals surface area contributed by atoms with Gasteiger partial charge in [0.25, 0.3) is 10.0 Å². The molecule has 0 aliphatic heterocycles. The number of nitrogens with zero attached hydrogens (tertiary/aromatic N) is 1. The minimum Gasteiger partial charge on any atom is -0.497 e. The third-order valence-corrected chi connectivity index (χ3v) is 6.70. The lowest BCUT2D eigenvalue weighted by molar-refractivity contribution is 0.415. The Labute approximate surface area is 170 Å². The topological polar surface area (TPSA) is 48.3 Å². The molecule has 0 aliphatic carbocycles. The first-order valence-corrected chi connectivity index (χ1v) is 10.7. The fourth-order valence-electron chi connectivity index (χ4n) is 3.43. The molecule has 0 atom stereocenters. The fraction of sp³-hybridized carbons (Fsp3) is 0.0833. The van der Waals surface area contributed by atoms with Gasteiger partial charge in [-0.15, -0.1) is 0 Å². The van der Waals surface area contributed by atoms with E-state index in [1.165, 1.54) is 3.97 Å². The second kappa shape index (κ2) is 7.60. The number of ether oxygens (including phenoxy) is 1. The molecule has 0 amide bonds. The Morgan fingerprint density at radius 3 is 2.17 bits per heavy atom. The lowest BCUT2D eigenvalue weighted by Gasteiger charge is -2.10. The quantitative estimate of drug-likeness (QED) is 0.450. The predicted molar refractivity (Wildman–Crippen MR) is 118 cm³/mol. The third-order valence-electron chi connectivity index (χ3n) is 4.96. The van der Waals surface area contributed by atoms with Crippen molar-refractivity contribution in [3.05, 3.63) is 95.7 Å². The molecule has 0 N–H and O–H groups in total. The summed E-state index contributed by atoms with van der Waals surface area (Å²) in [7, 11) is -2.12. The molecule has 29 heavy (non-hydrogen) atoms. The molecule has 4 nitrogen and oxygen atoms in total. The third kappa shape index (κ3) is 3.45. The Morgan fingerprint density at radius 2 is 1.48 bits per heavy atom. The lowest BCUT2D eigenvalue weighted by atomic mass is 10.1. The fourth-order valence-corrected chi connectivity index (χ4v) is 5.01. The summed E-state index contributed by atoms with van der Waals surface area (Å²) in [6.45, 7) is 1.95. The normalized spacial score (nSPS) is 11.9. The number of hydrogen-bond acceptors (Lipinski definition) is 3. The molecular formula is C24H21NO3S. The molecular weight excluding hydrogens is 382 g/mol. The summed E-state index contributed by atoms with van der Waals surface area (Å²) >= 11 is 0. The van der Waals surface area contributed by atoms with Crippen molar-refractivity contribution in [2.24, 2.45) is 0 Å².